The molecule has 1 aliphatic rings. The van der Waals surface area contributed by atoms with Crippen molar-refractivity contribution in [3.8, 4) is 0 Å². The van der Waals surface area contributed by atoms with Gasteiger partial charge in [0.2, 0.25) is 0 Å². The minimum Gasteiger partial charge on any atom is -0.476 e. The Morgan fingerprint density at radius 2 is 2.03 bits per heavy atom. The van der Waals surface area contributed by atoms with Gasteiger partial charge in [0.1, 0.15) is 22.4 Å². The summed E-state index contributed by atoms with van der Waals surface area (Å²) >= 11 is 5.87. The summed E-state index contributed by atoms with van der Waals surface area (Å²) in [5, 5.41) is 12.8. The molecule has 0 aromatic carbocycles. The average molecular weight is 495 g/mol. The standard InChI is InChI=1S/C24H20ClFN6O3/c1-12-5-16(13(2)28-17-3-4-19(25)29-22(17)24(34)35)23-30-20(7-21(33)32(23)9-12)31-10-14-6-15(26)8-27-18(14)11-31/h3-9,13,28H,10-11H2,1-2H3,(H,34,35)/t13-/m1/s1. The largest absolute Gasteiger partial charge is 0.476 e. The van der Waals surface area contributed by atoms with Crippen LogP contribution < -0.4 is 15.8 Å². The third kappa shape index (κ3) is 4.28. The van der Waals surface area contributed by atoms with E-state index < -0.39 is 17.8 Å². The van der Waals surface area contributed by atoms with Crippen LogP contribution in [0.15, 0.2) is 47.5 Å². The summed E-state index contributed by atoms with van der Waals surface area (Å²) in [4.78, 5) is 39.4. The van der Waals surface area contributed by atoms with E-state index in [1.54, 1.807) is 12.3 Å². The van der Waals surface area contributed by atoms with E-state index in [2.05, 4.69) is 15.3 Å². The minimum absolute atomic E-state index is 0.0699. The highest BCUT2D eigenvalue weighted by Crippen LogP contribution is 2.29. The summed E-state index contributed by atoms with van der Waals surface area (Å²) in [6, 6.07) is 7.40. The number of nitrogens with one attached hydrogen (secondary N) is 1. The van der Waals surface area contributed by atoms with Gasteiger partial charge in [-0.2, -0.15) is 0 Å². The van der Waals surface area contributed by atoms with Crippen molar-refractivity contribution in [3.63, 3.8) is 0 Å². The number of hydrogen-bond acceptors (Lipinski definition) is 7. The SMILES string of the molecule is Cc1cc([C@@H](C)Nc2ccc(Cl)nc2C(=O)O)c2nc(N3Cc4cc(F)cnc4C3)cc(=O)n2c1. The number of aromatic carboxylic acids is 1. The molecule has 2 N–H and O–H groups in total. The predicted molar refractivity (Wildman–Crippen MR) is 129 cm³/mol. The number of hydrogen-bond donors (Lipinski definition) is 2. The molecule has 0 saturated carbocycles. The van der Waals surface area contributed by atoms with Crippen molar-refractivity contribution in [2.45, 2.75) is 33.0 Å². The Kier molecular flexibility index (Phi) is 5.60. The molecule has 4 aromatic rings. The zero-order valence-electron chi connectivity index (χ0n) is 18.8. The van der Waals surface area contributed by atoms with Crippen molar-refractivity contribution < 1.29 is 14.3 Å². The third-order valence-electron chi connectivity index (χ3n) is 5.87. The number of halogens is 2. The van der Waals surface area contributed by atoms with Crippen LogP contribution >= 0.6 is 11.6 Å². The fourth-order valence-corrected chi connectivity index (χ4v) is 4.41. The molecule has 35 heavy (non-hydrogen) atoms. The lowest BCUT2D eigenvalue weighted by molar-refractivity contribution is 0.0691. The zero-order valence-corrected chi connectivity index (χ0v) is 19.5. The Morgan fingerprint density at radius 3 is 2.80 bits per heavy atom. The maximum atomic E-state index is 13.6. The molecule has 9 nitrogen and oxygen atoms in total. The summed E-state index contributed by atoms with van der Waals surface area (Å²) in [6.07, 6.45) is 2.88. The molecular weight excluding hydrogens is 475 g/mol. The van der Waals surface area contributed by atoms with Crippen LogP contribution in [0.5, 0.6) is 0 Å². The first kappa shape index (κ1) is 22.7. The third-order valence-corrected chi connectivity index (χ3v) is 6.08. The van der Waals surface area contributed by atoms with Crippen LogP contribution in [0.4, 0.5) is 15.9 Å². The summed E-state index contributed by atoms with van der Waals surface area (Å²) in [5.74, 6) is -1.18. The number of anilines is 2. The highest BCUT2D eigenvalue weighted by molar-refractivity contribution is 6.29. The van der Waals surface area contributed by atoms with E-state index in [4.69, 9.17) is 16.6 Å². The van der Waals surface area contributed by atoms with E-state index in [1.807, 2.05) is 24.8 Å². The molecule has 0 bridgehead atoms. The van der Waals surface area contributed by atoms with Crippen LogP contribution in [-0.2, 0) is 13.1 Å². The Bertz CT molecular complexity index is 1560. The molecule has 5 rings (SSSR count). The van der Waals surface area contributed by atoms with E-state index in [0.29, 0.717) is 30.1 Å². The van der Waals surface area contributed by atoms with Crippen molar-refractivity contribution in [3.05, 3.63) is 92.1 Å². The van der Waals surface area contributed by atoms with E-state index >= 15 is 0 Å². The zero-order chi connectivity index (χ0) is 24.9. The molecule has 0 spiro atoms. The Hall–Kier alpha value is -4.05. The van der Waals surface area contributed by atoms with Crippen LogP contribution in [-0.4, -0.2) is 30.4 Å². The van der Waals surface area contributed by atoms with Gasteiger partial charge < -0.3 is 15.3 Å². The van der Waals surface area contributed by atoms with Crippen LogP contribution in [0.3, 0.4) is 0 Å². The number of carbonyl (C=O) groups is 1. The van der Waals surface area contributed by atoms with E-state index in [0.717, 1.165) is 16.8 Å². The number of carboxylic acids is 1. The first-order chi connectivity index (χ1) is 16.7. The average Bonchev–Trinajstić information content (AvgIpc) is 3.23. The number of aromatic nitrogens is 4. The topological polar surface area (TPSA) is 113 Å². The van der Waals surface area contributed by atoms with E-state index in [-0.39, 0.29) is 22.1 Å². The Balaban J connectivity index is 1.56. The predicted octanol–water partition coefficient (Wildman–Crippen LogP) is 3.98. The molecule has 1 aliphatic heterocycles. The van der Waals surface area contributed by atoms with Gasteiger partial charge in [0.25, 0.3) is 5.56 Å². The summed E-state index contributed by atoms with van der Waals surface area (Å²) in [5.41, 5.74) is 3.25. The first-order valence-corrected chi connectivity index (χ1v) is 11.2. The molecular formula is C24H20ClFN6O3. The second kappa shape index (κ2) is 8.62. The lowest BCUT2D eigenvalue weighted by Gasteiger charge is -2.21. The van der Waals surface area contributed by atoms with Crippen molar-refractivity contribution in [2.75, 3.05) is 10.2 Å². The second-order valence-corrected chi connectivity index (χ2v) is 8.82. The normalized spacial score (nSPS) is 13.7. The Morgan fingerprint density at radius 1 is 1.23 bits per heavy atom. The van der Waals surface area contributed by atoms with Crippen LogP contribution in [0.1, 0.15) is 45.8 Å². The van der Waals surface area contributed by atoms with E-state index in [9.17, 15) is 19.1 Å². The van der Waals surface area contributed by atoms with Crippen molar-refractivity contribution in [1.29, 1.82) is 0 Å². The number of nitrogens with zero attached hydrogens (tertiary/aromatic N) is 5. The maximum Gasteiger partial charge on any atom is 0.356 e. The maximum absolute atomic E-state index is 13.6. The van der Waals surface area contributed by atoms with Gasteiger partial charge in [0.05, 0.1) is 30.2 Å². The monoisotopic (exact) mass is 494 g/mol. The highest BCUT2D eigenvalue weighted by atomic mass is 35.5. The fourth-order valence-electron chi connectivity index (χ4n) is 4.26. The molecule has 0 aliphatic carbocycles. The van der Waals surface area contributed by atoms with Gasteiger partial charge in [-0.05, 0) is 49.2 Å². The van der Waals surface area contributed by atoms with Crippen molar-refractivity contribution in [1.82, 2.24) is 19.4 Å². The summed E-state index contributed by atoms with van der Waals surface area (Å²) in [7, 11) is 0. The summed E-state index contributed by atoms with van der Waals surface area (Å²) < 4.78 is 15.1. The van der Waals surface area contributed by atoms with Crippen molar-refractivity contribution in [2.24, 2.45) is 0 Å². The first-order valence-electron chi connectivity index (χ1n) is 10.8. The number of aryl methyl sites for hydroxylation is 1. The molecule has 0 fully saturated rings. The lowest BCUT2D eigenvalue weighted by atomic mass is 10.1. The fraction of sp³-hybridized carbons (Fsp3) is 0.208. The van der Waals surface area contributed by atoms with Gasteiger partial charge in [-0.1, -0.05) is 11.6 Å². The second-order valence-electron chi connectivity index (χ2n) is 8.44. The molecule has 5 heterocycles. The molecule has 4 aromatic heterocycles. The van der Waals surface area contributed by atoms with Gasteiger partial charge >= 0.3 is 5.97 Å². The number of fused-ring (bicyclic) bond motifs is 2. The molecule has 0 amide bonds. The van der Waals surface area contributed by atoms with Gasteiger partial charge in [-0.3, -0.25) is 14.2 Å². The van der Waals surface area contributed by atoms with Gasteiger partial charge in [0, 0.05) is 24.4 Å². The van der Waals surface area contributed by atoms with Gasteiger partial charge in [0.15, 0.2) is 5.69 Å². The molecule has 178 valence electrons. The molecule has 11 heteroatoms. The van der Waals surface area contributed by atoms with Gasteiger partial charge in [-0.15, -0.1) is 0 Å². The van der Waals surface area contributed by atoms with Crippen LogP contribution in [0.2, 0.25) is 5.15 Å². The van der Waals surface area contributed by atoms with Crippen LogP contribution in [0.25, 0.3) is 5.65 Å². The summed E-state index contributed by atoms with van der Waals surface area (Å²) in [6.45, 7) is 4.49. The number of rotatable bonds is 5. The minimum atomic E-state index is -1.22. The molecule has 0 unspecified atom stereocenters. The quantitative estimate of drug-likeness (QED) is 0.401. The molecule has 1 atom stereocenters. The highest BCUT2D eigenvalue weighted by Gasteiger charge is 2.24. The molecule has 0 saturated heterocycles. The van der Waals surface area contributed by atoms with Crippen LogP contribution in [0, 0.1) is 12.7 Å². The van der Waals surface area contributed by atoms with Crippen molar-refractivity contribution >= 4 is 34.7 Å². The smallest absolute Gasteiger partial charge is 0.356 e. The molecule has 0 radical (unpaired) electrons. The van der Waals surface area contributed by atoms with E-state index in [1.165, 1.54) is 28.8 Å². The number of pyridine rings is 3. The lowest BCUT2D eigenvalue weighted by Crippen LogP contribution is -2.23. The van der Waals surface area contributed by atoms with Gasteiger partial charge in [-0.25, -0.2) is 19.2 Å². The Labute approximate surface area is 203 Å². The number of carboxylic acid groups (broad SMARTS) is 1.